The van der Waals surface area contributed by atoms with Crippen molar-refractivity contribution in [1.29, 1.82) is 0 Å². The van der Waals surface area contributed by atoms with Gasteiger partial charge in [0.15, 0.2) is 0 Å². The van der Waals surface area contributed by atoms with Gasteiger partial charge in [0, 0.05) is 21.1 Å². The molecule has 0 radical (unpaired) electrons. The van der Waals surface area contributed by atoms with Gasteiger partial charge in [0.25, 0.3) is 0 Å². The Labute approximate surface area is 467 Å². The van der Waals surface area contributed by atoms with Gasteiger partial charge in [-0.1, -0.05) is 232 Å². The van der Waals surface area contributed by atoms with Crippen molar-refractivity contribution in [3.63, 3.8) is 0 Å². The zero-order valence-corrected chi connectivity index (χ0v) is 50.8. The molecule has 0 saturated carbocycles. The maximum Gasteiger partial charge on any atom is 0 e. The van der Waals surface area contributed by atoms with Crippen LogP contribution >= 0.6 is 85.1 Å². The van der Waals surface area contributed by atoms with E-state index in [1.54, 1.807) is 0 Å². The van der Waals surface area contributed by atoms with Crippen LogP contribution in [0.4, 0.5) is 0 Å². The Morgan fingerprint density at radius 2 is 0.371 bits per heavy atom. The Kier molecular flexibility index (Phi) is 104. The number of unbranched alkanes of at least 4 members (excludes halogenated alkanes) is 30. The van der Waals surface area contributed by atoms with E-state index in [4.69, 9.17) is 0 Å². The molecule has 12 N–H and O–H groups in total. The topological polar surface area (TPSA) is 156 Å². The Hall–Kier alpha value is 1.70. The van der Waals surface area contributed by atoms with Crippen molar-refractivity contribution < 1.29 is 21.1 Å². The van der Waals surface area contributed by atoms with Crippen LogP contribution in [0.5, 0.6) is 0 Å². The van der Waals surface area contributed by atoms with Crippen molar-refractivity contribution in [2.75, 3.05) is 11.5 Å². The second-order valence-electron chi connectivity index (χ2n) is 14.1. The molecule has 62 heavy (non-hydrogen) atoms. The molecule has 0 unspecified atom stereocenters. The van der Waals surface area contributed by atoms with Crippen molar-refractivity contribution in [3.8, 4) is 0 Å². The van der Waals surface area contributed by atoms with Crippen LogP contribution in [-0.4, -0.2) is 37.4 Å². The molecule has 0 saturated heterocycles. The van der Waals surface area contributed by atoms with Gasteiger partial charge in [-0.3, -0.25) is 0 Å². The maximum atomic E-state index is 4.66. The molecule has 0 aliphatic carbocycles. The summed E-state index contributed by atoms with van der Waals surface area (Å²) in [7, 11) is 0. The molecule has 0 atom stereocenters. The summed E-state index contributed by atoms with van der Waals surface area (Å²) < 4.78 is 0.500. The number of hydrogen-bond donors (Lipinski definition) is 6. The summed E-state index contributed by atoms with van der Waals surface area (Å²) in [6.45, 7) is 4.62. The SMILES string of the molecule is CCCCCCCCCCCCCCCCCCSCCCCCCCCCCCCCCCCCC.NC(=S)[S-].NC(=S)[S-].NC(=S)[S-].NC(=S)[S-].NC(=S)[S-].NC(=S)[S-].[Mo]. The maximum absolute atomic E-state index is 4.66. The van der Waals surface area contributed by atoms with E-state index in [0.717, 1.165) is 0 Å². The van der Waals surface area contributed by atoms with Crippen LogP contribution in [0.1, 0.15) is 219 Å². The van der Waals surface area contributed by atoms with Crippen LogP contribution in [0.15, 0.2) is 0 Å². The quantitative estimate of drug-likeness (QED) is 0.0156. The summed E-state index contributed by atoms with van der Waals surface area (Å²) in [4.78, 5) is 0. The van der Waals surface area contributed by atoms with Gasteiger partial charge >= 0.3 is 0 Å². The predicted molar refractivity (Wildman–Crippen MR) is 321 cm³/mol. The smallest absolute Gasteiger partial charge is 0 e. The average Bonchev–Trinajstić information content (AvgIpc) is 3.12. The molecule has 0 aromatic rings. The van der Waals surface area contributed by atoms with Crippen molar-refractivity contribution in [3.05, 3.63) is 0 Å². The first-order chi connectivity index (χ1) is 28.8. The summed E-state index contributed by atoms with van der Waals surface area (Å²) in [6, 6.07) is 0. The third kappa shape index (κ3) is 178. The Morgan fingerprint density at radius 3 is 0.484 bits per heavy atom. The molecule has 0 aliphatic heterocycles. The van der Waals surface area contributed by atoms with Gasteiger partial charge in [-0.2, -0.15) is 11.8 Å². The molecule has 20 heteroatoms. The third-order valence-electron chi connectivity index (χ3n) is 8.28. The van der Waals surface area contributed by atoms with E-state index >= 15 is 0 Å². The number of rotatable bonds is 34. The molecule has 0 aliphatic rings. The normalized spacial score (nSPS) is 9.19. The fraction of sp³-hybridized carbons (Fsp3) is 0.857. The van der Waals surface area contributed by atoms with Crippen molar-refractivity contribution in [2.45, 2.75) is 219 Å². The minimum atomic E-state index is 0. The van der Waals surface area contributed by atoms with E-state index in [1.165, 1.54) is 217 Å². The average molecular weight is 1190 g/mol. The second kappa shape index (κ2) is 79.8. The van der Waals surface area contributed by atoms with Crippen LogP contribution in [0.3, 0.4) is 0 Å². The number of nitrogens with two attached hydrogens (primary N) is 6. The number of thiocarbonyl (C=S) groups is 6. The summed E-state index contributed by atoms with van der Waals surface area (Å²) in [6.07, 6.45) is 47.2. The minimum absolute atomic E-state index is 0. The van der Waals surface area contributed by atoms with Gasteiger partial charge in [-0.05, 0) is 24.3 Å². The molecule has 0 rings (SSSR count). The molecule has 0 amide bonds. The molecule has 0 aromatic carbocycles. The standard InChI is InChI=1S/C36H74S.6CH3NS2.Mo/c1-3-5-7-9-11-13-15-17-19-21-23-25-27-29-31-33-35-37-36-34-32-30-28-26-24-22-20-18-16-14-12-10-8-6-4-2;6*2-1(3)4;/h3-36H2,1-2H3;6*(H3,2,3,4);/p-6. The minimum Gasteiger partial charge on any atom is -0.415 e. The van der Waals surface area contributed by atoms with E-state index in [2.05, 4.69) is 209 Å². The fourth-order valence-corrected chi connectivity index (χ4v) is 6.63. The van der Waals surface area contributed by atoms with Crippen molar-refractivity contribution >= 4 is 187 Å². The Bertz CT molecular complexity index is 777. The summed E-state index contributed by atoms with van der Waals surface area (Å²) in [5.74, 6) is 2.83. The molecule has 0 aromatic heterocycles. The molecule has 0 spiro atoms. The molecule has 374 valence electrons. The van der Waals surface area contributed by atoms with Crippen molar-refractivity contribution in [1.82, 2.24) is 0 Å². The molecular formula is C42H86MoN6S13-6. The fourth-order valence-electron chi connectivity index (χ4n) is 5.61. The van der Waals surface area contributed by atoms with Crippen LogP contribution in [0.2, 0.25) is 0 Å². The number of thioether (sulfide) groups is 1. The van der Waals surface area contributed by atoms with E-state index in [0.29, 0.717) is 0 Å². The van der Waals surface area contributed by atoms with E-state index in [9.17, 15) is 0 Å². The molecule has 0 heterocycles. The van der Waals surface area contributed by atoms with Gasteiger partial charge in [-0.15, -0.1) is 0 Å². The number of hydrogen-bond acceptors (Lipinski definition) is 13. The van der Waals surface area contributed by atoms with Gasteiger partial charge < -0.3 is 183 Å². The van der Waals surface area contributed by atoms with Gasteiger partial charge in [0.2, 0.25) is 0 Å². The van der Waals surface area contributed by atoms with Crippen LogP contribution in [0, 0.1) is 0 Å². The summed E-state index contributed by atoms with van der Waals surface area (Å²) in [5, 5.41) is 0. The molecular weight excluding hydrogens is 1100 g/mol. The van der Waals surface area contributed by atoms with Crippen LogP contribution < -0.4 is 34.4 Å². The van der Waals surface area contributed by atoms with E-state index in [1.807, 2.05) is 0 Å². The summed E-state index contributed by atoms with van der Waals surface area (Å²) >= 11 is 51.8. The summed E-state index contributed by atoms with van der Waals surface area (Å²) in [5.41, 5.74) is 27.9. The first-order valence-electron chi connectivity index (χ1n) is 22.2. The first-order valence-corrected chi connectivity index (χ1v) is 28.2. The Morgan fingerprint density at radius 1 is 0.274 bits per heavy atom. The first kappa shape index (κ1) is 80.7. The third-order valence-corrected chi connectivity index (χ3v) is 9.44. The van der Waals surface area contributed by atoms with Gasteiger partial charge in [0.1, 0.15) is 0 Å². The molecule has 6 nitrogen and oxygen atoms in total. The van der Waals surface area contributed by atoms with E-state index < -0.39 is 0 Å². The molecule has 0 fully saturated rings. The van der Waals surface area contributed by atoms with Gasteiger partial charge in [-0.25, -0.2) is 0 Å². The van der Waals surface area contributed by atoms with Crippen LogP contribution in [0.25, 0.3) is 0 Å². The Balaban J connectivity index is -0.000000158. The van der Waals surface area contributed by atoms with Crippen molar-refractivity contribution in [2.24, 2.45) is 34.4 Å². The van der Waals surface area contributed by atoms with Crippen LogP contribution in [-0.2, 0) is 96.8 Å². The zero-order chi connectivity index (χ0) is 48.2. The monoisotopic (exact) mass is 1190 g/mol. The van der Waals surface area contributed by atoms with E-state index in [-0.39, 0.29) is 47.0 Å². The van der Waals surface area contributed by atoms with Gasteiger partial charge in [0.05, 0.1) is 0 Å². The predicted octanol–water partition coefficient (Wildman–Crippen LogP) is 12.9. The molecule has 0 bridgehead atoms. The largest absolute Gasteiger partial charge is 0.415 e. The second-order valence-corrected chi connectivity index (χ2v) is 22.2. The zero-order valence-electron chi connectivity index (χ0n) is 38.2.